The van der Waals surface area contributed by atoms with Crippen molar-refractivity contribution in [3.8, 4) is 0 Å². The lowest BCUT2D eigenvalue weighted by Gasteiger charge is -1.98. The molecule has 0 aliphatic carbocycles. The summed E-state index contributed by atoms with van der Waals surface area (Å²) in [6.45, 7) is 1.44. The van der Waals surface area contributed by atoms with Gasteiger partial charge in [-0.3, -0.25) is 4.79 Å². The van der Waals surface area contributed by atoms with Crippen LogP contribution in [-0.2, 0) is 10.7 Å². The molecule has 3 rings (SSSR count). The molecule has 2 heterocycles. The SMILES string of the molecule is CC(=O)Nc1nnc(SCn2nnc3ccccc32)s1. The summed E-state index contributed by atoms with van der Waals surface area (Å²) in [5, 5.41) is 19.2. The Hall–Kier alpha value is -2.00. The Kier molecular flexibility index (Phi) is 3.61. The maximum atomic E-state index is 10.9. The fourth-order valence-electron chi connectivity index (χ4n) is 1.60. The largest absolute Gasteiger partial charge is 0.301 e. The van der Waals surface area contributed by atoms with Gasteiger partial charge in [0.2, 0.25) is 11.0 Å². The number of thioether (sulfide) groups is 1. The smallest absolute Gasteiger partial charge is 0.223 e. The molecule has 1 aromatic carbocycles. The van der Waals surface area contributed by atoms with Gasteiger partial charge in [-0.1, -0.05) is 40.4 Å². The van der Waals surface area contributed by atoms with Crippen LogP contribution in [0.4, 0.5) is 5.13 Å². The number of anilines is 1. The van der Waals surface area contributed by atoms with Gasteiger partial charge in [0, 0.05) is 6.92 Å². The van der Waals surface area contributed by atoms with Crippen LogP contribution in [0.5, 0.6) is 0 Å². The van der Waals surface area contributed by atoms with E-state index in [1.165, 1.54) is 30.0 Å². The van der Waals surface area contributed by atoms with Crippen molar-refractivity contribution in [1.82, 2.24) is 25.2 Å². The van der Waals surface area contributed by atoms with Crippen molar-refractivity contribution < 1.29 is 4.79 Å². The van der Waals surface area contributed by atoms with E-state index in [9.17, 15) is 4.79 Å². The van der Waals surface area contributed by atoms with Gasteiger partial charge in [0.15, 0.2) is 4.34 Å². The molecule has 20 heavy (non-hydrogen) atoms. The normalized spacial score (nSPS) is 10.8. The number of hydrogen-bond donors (Lipinski definition) is 1. The molecular formula is C11H10N6OS2. The van der Waals surface area contributed by atoms with Crippen LogP contribution in [0.1, 0.15) is 6.92 Å². The van der Waals surface area contributed by atoms with E-state index in [4.69, 9.17) is 0 Å². The Morgan fingerprint density at radius 1 is 1.35 bits per heavy atom. The number of amides is 1. The Morgan fingerprint density at radius 3 is 3.05 bits per heavy atom. The Labute approximate surface area is 122 Å². The van der Waals surface area contributed by atoms with Crippen LogP contribution in [0.3, 0.4) is 0 Å². The summed E-state index contributed by atoms with van der Waals surface area (Å²) >= 11 is 2.83. The number of para-hydroxylation sites is 1. The third-order valence-electron chi connectivity index (χ3n) is 2.42. The minimum atomic E-state index is -0.153. The van der Waals surface area contributed by atoms with Gasteiger partial charge in [0.25, 0.3) is 0 Å². The average Bonchev–Trinajstić information content (AvgIpc) is 3.02. The number of rotatable bonds is 4. The van der Waals surface area contributed by atoms with Crippen molar-refractivity contribution in [3.63, 3.8) is 0 Å². The third kappa shape index (κ3) is 2.78. The third-order valence-corrected chi connectivity index (χ3v) is 4.36. The van der Waals surface area contributed by atoms with Gasteiger partial charge in [-0.2, -0.15) is 0 Å². The number of fused-ring (bicyclic) bond motifs is 1. The van der Waals surface area contributed by atoms with Crippen LogP contribution in [0.25, 0.3) is 11.0 Å². The van der Waals surface area contributed by atoms with E-state index in [0.717, 1.165) is 15.4 Å². The molecule has 0 aliphatic heterocycles. The molecule has 0 atom stereocenters. The highest BCUT2D eigenvalue weighted by Crippen LogP contribution is 2.27. The van der Waals surface area contributed by atoms with Crippen LogP contribution < -0.4 is 5.32 Å². The van der Waals surface area contributed by atoms with Crippen LogP contribution in [0.15, 0.2) is 28.6 Å². The first-order valence-corrected chi connectivity index (χ1v) is 7.55. The molecule has 102 valence electrons. The lowest BCUT2D eigenvalue weighted by atomic mass is 10.3. The van der Waals surface area contributed by atoms with E-state index in [-0.39, 0.29) is 5.91 Å². The highest BCUT2D eigenvalue weighted by molar-refractivity contribution is 8.00. The van der Waals surface area contributed by atoms with Crippen LogP contribution >= 0.6 is 23.1 Å². The van der Waals surface area contributed by atoms with E-state index in [1.54, 1.807) is 4.68 Å². The summed E-state index contributed by atoms with van der Waals surface area (Å²) < 4.78 is 2.58. The number of nitrogens with zero attached hydrogens (tertiary/aromatic N) is 5. The lowest BCUT2D eigenvalue weighted by molar-refractivity contribution is -0.114. The van der Waals surface area contributed by atoms with E-state index in [2.05, 4.69) is 25.8 Å². The second-order valence-corrected chi connectivity index (χ2v) is 6.07. The predicted molar refractivity (Wildman–Crippen MR) is 77.6 cm³/mol. The average molecular weight is 306 g/mol. The Morgan fingerprint density at radius 2 is 2.20 bits per heavy atom. The molecule has 0 saturated carbocycles. The number of nitrogens with one attached hydrogen (secondary N) is 1. The molecule has 1 amide bonds. The Bertz CT molecular complexity index is 752. The maximum Gasteiger partial charge on any atom is 0.223 e. The monoisotopic (exact) mass is 306 g/mol. The zero-order valence-corrected chi connectivity index (χ0v) is 12.1. The highest BCUT2D eigenvalue weighted by Gasteiger charge is 2.08. The van der Waals surface area contributed by atoms with Gasteiger partial charge in [-0.15, -0.1) is 15.3 Å². The van der Waals surface area contributed by atoms with Crippen molar-refractivity contribution in [1.29, 1.82) is 0 Å². The summed E-state index contributed by atoms with van der Waals surface area (Å²) in [4.78, 5) is 10.9. The molecule has 0 spiro atoms. The van der Waals surface area contributed by atoms with Crippen molar-refractivity contribution in [3.05, 3.63) is 24.3 Å². The summed E-state index contributed by atoms with van der Waals surface area (Å²) in [7, 11) is 0. The van der Waals surface area contributed by atoms with Gasteiger partial charge in [0.1, 0.15) is 5.52 Å². The standard InChI is InChI=1S/C11H10N6OS2/c1-7(18)12-10-14-15-11(20-10)19-6-17-9-5-3-2-4-8(9)13-16-17/h2-5H,6H2,1H3,(H,12,14,18). The maximum absolute atomic E-state index is 10.9. The molecule has 0 bridgehead atoms. The summed E-state index contributed by atoms with van der Waals surface area (Å²) in [5.74, 6) is 0.440. The molecule has 1 N–H and O–H groups in total. The van der Waals surface area contributed by atoms with Gasteiger partial charge in [-0.25, -0.2) is 4.68 Å². The molecule has 0 unspecified atom stereocenters. The number of benzene rings is 1. The number of carbonyl (C=O) groups is 1. The molecule has 2 aromatic heterocycles. The minimum absolute atomic E-state index is 0.153. The highest BCUT2D eigenvalue weighted by atomic mass is 32.2. The van der Waals surface area contributed by atoms with Gasteiger partial charge in [-0.05, 0) is 12.1 Å². The second-order valence-electron chi connectivity index (χ2n) is 3.91. The van der Waals surface area contributed by atoms with E-state index >= 15 is 0 Å². The second kappa shape index (κ2) is 5.55. The fourth-order valence-corrected chi connectivity index (χ4v) is 3.27. The molecule has 0 aliphatic rings. The molecule has 3 aromatic rings. The van der Waals surface area contributed by atoms with E-state index < -0.39 is 0 Å². The molecule has 7 nitrogen and oxygen atoms in total. The number of hydrogen-bond acceptors (Lipinski definition) is 7. The Balaban J connectivity index is 1.70. The topological polar surface area (TPSA) is 85.6 Å². The zero-order valence-electron chi connectivity index (χ0n) is 10.5. The number of carbonyl (C=O) groups excluding carboxylic acids is 1. The van der Waals surface area contributed by atoms with Crippen molar-refractivity contribution in [2.45, 2.75) is 17.1 Å². The first-order chi connectivity index (χ1) is 9.72. The molecular weight excluding hydrogens is 296 g/mol. The number of aromatic nitrogens is 5. The first kappa shape index (κ1) is 13.0. The van der Waals surface area contributed by atoms with E-state index in [0.29, 0.717) is 11.0 Å². The summed E-state index contributed by atoms with van der Waals surface area (Å²) in [6.07, 6.45) is 0. The predicted octanol–water partition coefficient (Wildman–Crippen LogP) is 1.99. The zero-order chi connectivity index (χ0) is 13.9. The summed E-state index contributed by atoms with van der Waals surface area (Å²) in [6, 6.07) is 7.77. The van der Waals surface area contributed by atoms with Crippen molar-refractivity contribution >= 4 is 45.2 Å². The minimum Gasteiger partial charge on any atom is -0.301 e. The van der Waals surface area contributed by atoms with Gasteiger partial charge < -0.3 is 5.32 Å². The van der Waals surface area contributed by atoms with Crippen LogP contribution in [-0.4, -0.2) is 31.1 Å². The quantitative estimate of drug-likeness (QED) is 0.586. The first-order valence-electron chi connectivity index (χ1n) is 5.74. The molecule has 0 saturated heterocycles. The van der Waals surface area contributed by atoms with Gasteiger partial charge >= 0.3 is 0 Å². The molecule has 9 heteroatoms. The summed E-state index contributed by atoms with van der Waals surface area (Å²) in [5.41, 5.74) is 1.84. The van der Waals surface area contributed by atoms with E-state index in [1.807, 2.05) is 24.3 Å². The van der Waals surface area contributed by atoms with Crippen LogP contribution in [0, 0.1) is 0 Å². The molecule has 0 radical (unpaired) electrons. The van der Waals surface area contributed by atoms with Gasteiger partial charge in [0.05, 0.1) is 11.4 Å². The lowest BCUT2D eigenvalue weighted by Crippen LogP contribution is -2.04. The fraction of sp³-hybridized carbons (Fsp3) is 0.182. The van der Waals surface area contributed by atoms with Crippen molar-refractivity contribution in [2.75, 3.05) is 5.32 Å². The molecule has 0 fully saturated rings. The van der Waals surface area contributed by atoms with Crippen molar-refractivity contribution in [2.24, 2.45) is 0 Å². The van der Waals surface area contributed by atoms with Crippen LogP contribution in [0.2, 0.25) is 0 Å².